The predicted octanol–water partition coefficient (Wildman–Crippen LogP) is 4.35. The third-order valence-corrected chi connectivity index (χ3v) is 6.20. The van der Waals surface area contributed by atoms with E-state index in [1.165, 1.54) is 30.0 Å². The topological polar surface area (TPSA) is 93.7 Å². The number of hydrogen-bond donors (Lipinski definition) is 0. The average Bonchev–Trinajstić information content (AvgIpc) is 3.17. The van der Waals surface area contributed by atoms with Gasteiger partial charge >= 0.3 is 5.63 Å². The number of nitrogens with zero attached hydrogens (tertiary/aromatic N) is 2. The molecule has 0 bridgehead atoms. The fourth-order valence-corrected chi connectivity index (χ4v) is 4.72. The number of hydrogen-bond acceptors (Lipinski definition) is 6. The van der Waals surface area contributed by atoms with E-state index in [0.717, 1.165) is 4.47 Å². The van der Waals surface area contributed by atoms with Gasteiger partial charge in [-0.05, 0) is 23.8 Å². The fourth-order valence-electron chi connectivity index (χ4n) is 3.13. The van der Waals surface area contributed by atoms with E-state index in [-0.39, 0.29) is 11.3 Å². The van der Waals surface area contributed by atoms with Crippen LogP contribution in [-0.2, 0) is 0 Å². The van der Waals surface area contributed by atoms with Crippen LogP contribution in [0.1, 0.15) is 21.3 Å². The van der Waals surface area contributed by atoms with Crippen molar-refractivity contribution in [3.8, 4) is 0 Å². The van der Waals surface area contributed by atoms with Crippen LogP contribution in [0.3, 0.4) is 0 Å². The van der Waals surface area contributed by atoms with Crippen LogP contribution in [0.5, 0.6) is 0 Å². The predicted molar refractivity (Wildman–Crippen MR) is 110 cm³/mol. The molecule has 2 heterocycles. The minimum atomic E-state index is -0.703. The van der Waals surface area contributed by atoms with Crippen LogP contribution in [0.2, 0.25) is 0 Å². The zero-order valence-electron chi connectivity index (χ0n) is 14.3. The Hall–Kier alpha value is -2.65. The van der Waals surface area contributed by atoms with Crippen LogP contribution >= 0.6 is 27.7 Å². The molecule has 1 aliphatic rings. The molecule has 0 N–H and O–H groups in total. The van der Waals surface area contributed by atoms with Gasteiger partial charge in [-0.25, -0.2) is 4.79 Å². The van der Waals surface area contributed by atoms with E-state index in [1.54, 1.807) is 35.2 Å². The Kier molecular flexibility index (Phi) is 4.94. The fraction of sp³-hybridized carbons (Fsp3) is 0.158. The molecule has 9 heteroatoms. The normalized spacial score (nSPS) is 16.5. The van der Waals surface area contributed by atoms with E-state index >= 15 is 0 Å². The maximum absolute atomic E-state index is 13.1. The number of halogens is 1. The number of non-ortho nitro benzene ring substituents is 1. The Bertz CT molecular complexity index is 1160. The molecule has 2 aromatic carbocycles. The summed E-state index contributed by atoms with van der Waals surface area (Å²) in [6.45, 7) is 0.439. The summed E-state index contributed by atoms with van der Waals surface area (Å²) < 4.78 is 6.08. The highest BCUT2D eigenvalue weighted by atomic mass is 79.9. The summed E-state index contributed by atoms with van der Waals surface area (Å²) in [6, 6.07) is 13.0. The first-order chi connectivity index (χ1) is 13.4. The molecular formula is C19H13BrN2O5S. The van der Waals surface area contributed by atoms with Gasteiger partial charge in [0.2, 0.25) is 0 Å². The van der Waals surface area contributed by atoms with Gasteiger partial charge < -0.3 is 9.32 Å². The molecule has 28 heavy (non-hydrogen) atoms. The standard InChI is InChI=1S/C19H13BrN2O5S/c20-13-5-4-11-9-15(19(24)27-16(11)10-13)17(23)21-6-7-28-18(21)12-2-1-3-14(8-12)22(25)26/h1-5,8-10,18H,6-7H2. The van der Waals surface area contributed by atoms with Crippen LogP contribution in [0.15, 0.2) is 62.2 Å². The Morgan fingerprint density at radius 3 is 2.86 bits per heavy atom. The van der Waals surface area contributed by atoms with Crippen molar-refractivity contribution < 1.29 is 14.1 Å². The second-order valence-electron chi connectivity index (χ2n) is 6.20. The van der Waals surface area contributed by atoms with Gasteiger partial charge in [-0.1, -0.05) is 34.1 Å². The molecule has 1 fully saturated rings. The van der Waals surface area contributed by atoms with Crippen LogP contribution in [0.25, 0.3) is 11.0 Å². The molecule has 1 saturated heterocycles. The van der Waals surface area contributed by atoms with Gasteiger partial charge in [-0.3, -0.25) is 14.9 Å². The lowest BCUT2D eigenvalue weighted by Crippen LogP contribution is -2.33. The molecular weight excluding hydrogens is 448 g/mol. The molecule has 142 valence electrons. The van der Waals surface area contributed by atoms with Crippen molar-refractivity contribution in [1.82, 2.24) is 4.90 Å². The van der Waals surface area contributed by atoms with E-state index in [4.69, 9.17) is 4.42 Å². The maximum atomic E-state index is 13.1. The largest absolute Gasteiger partial charge is 0.422 e. The molecule has 0 radical (unpaired) electrons. The Morgan fingerprint density at radius 2 is 2.07 bits per heavy atom. The first kappa shape index (κ1) is 18.7. The number of amides is 1. The zero-order chi connectivity index (χ0) is 19.8. The Balaban J connectivity index is 1.71. The summed E-state index contributed by atoms with van der Waals surface area (Å²) in [5, 5.41) is 11.3. The number of nitro benzene ring substituents is 1. The van der Waals surface area contributed by atoms with Gasteiger partial charge in [0.25, 0.3) is 11.6 Å². The first-order valence-corrected chi connectivity index (χ1v) is 10.2. The molecule has 1 atom stereocenters. The Labute approximate surface area is 171 Å². The van der Waals surface area contributed by atoms with Gasteiger partial charge in [-0.15, -0.1) is 11.8 Å². The van der Waals surface area contributed by atoms with Gasteiger partial charge in [0.15, 0.2) is 0 Å². The molecule has 0 saturated carbocycles. The second kappa shape index (κ2) is 7.40. The molecule has 4 rings (SSSR count). The highest BCUT2D eigenvalue weighted by Gasteiger charge is 2.33. The summed E-state index contributed by atoms with van der Waals surface area (Å²) in [7, 11) is 0. The number of thioether (sulfide) groups is 1. The third kappa shape index (κ3) is 3.43. The van der Waals surface area contributed by atoms with E-state index in [2.05, 4.69) is 15.9 Å². The molecule has 1 unspecified atom stereocenters. The SMILES string of the molecule is O=C(c1cc2ccc(Br)cc2oc1=O)N1CCSC1c1cccc([N+](=O)[O-])c1. The molecule has 3 aromatic rings. The molecule has 1 aromatic heterocycles. The maximum Gasteiger partial charge on any atom is 0.349 e. The highest BCUT2D eigenvalue weighted by Crippen LogP contribution is 2.39. The van der Waals surface area contributed by atoms with E-state index < -0.39 is 21.8 Å². The van der Waals surface area contributed by atoms with Gasteiger partial charge in [0.1, 0.15) is 16.5 Å². The van der Waals surface area contributed by atoms with Crippen molar-refractivity contribution in [3.63, 3.8) is 0 Å². The lowest BCUT2D eigenvalue weighted by atomic mass is 10.1. The number of carbonyl (C=O) groups is 1. The number of nitro groups is 1. The van der Waals surface area contributed by atoms with Crippen LogP contribution in [0, 0.1) is 10.1 Å². The molecule has 0 aliphatic carbocycles. The molecule has 1 aliphatic heterocycles. The van der Waals surface area contributed by atoms with E-state index in [0.29, 0.717) is 28.8 Å². The minimum Gasteiger partial charge on any atom is -0.422 e. The van der Waals surface area contributed by atoms with Crippen molar-refractivity contribution in [2.45, 2.75) is 5.37 Å². The summed E-state index contributed by atoms with van der Waals surface area (Å²) >= 11 is 4.82. The van der Waals surface area contributed by atoms with Crippen molar-refractivity contribution in [2.24, 2.45) is 0 Å². The van der Waals surface area contributed by atoms with Crippen molar-refractivity contribution in [1.29, 1.82) is 0 Å². The Morgan fingerprint density at radius 1 is 1.25 bits per heavy atom. The van der Waals surface area contributed by atoms with Gasteiger partial charge in [0.05, 0.1) is 4.92 Å². The van der Waals surface area contributed by atoms with Crippen LogP contribution in [-0.4, -0.2) is 28.0 Å². The summed E-state index contributed by atoms with van der Waals surface area (Å²) in [5.41, 5.74) is 0.257. The summed E-state index contributed by atoms with van der Waals surface area (Å²) in [6.07, 6.45) is 0. The third-order valence-electron chi connectivity index (χ3n) is 4.45. The summed E-state index contributed by atoms with van der Waals surface area (Å²) in [4.78, 5) is 37.6. The highest BCUT2D eigenvalue weighted by molar-refractivity contribution is 9.10. The quantitative estimate of drug-likeness (QED) is 0.327. The lowest BCUT2D eigenvalue weighted by molar-refractivity contribution is -0.384. The van der Waals surface area contributed by atoms with Crippen LogP contribution in [0.4, 0.5) is 5.69 Å². The number of rotatable bonds is 3. The van der Waals surface area contributed by atoms with Crippen LogP contribution < -0.4 is 5.63 Å². The van der Waals surface area contributed by atoms with E-state index in [9.17, 15) is 19.7 Å². The molecule has 1 amide bonds. The van der Waals surface area contributed by atoms with E-state index in [1.807, 2.05) is 0 Å². The van der Waals surface area contributed by atoms with Crippen molar-refractivity contribution >= 4 is 50.3 Å². The monoisotopic (exact) mass is 460 g/mol. The second-order valence-corrected chi connectivity index (χ2v) is 8.31. The number of benzene rings is 2. The zero-order valence-corrected chi connectivity index (χ0v) is 16.7. The van der Waals surface area contributed by atoms with Gasteiger partial charge in [0, 0.05) is 34.3 Å². The number of carbonyl (C=O) groups excluding carboxylic acids is 1. The van der Waals surface area contributed by atoms with Crippen molar-refractivity contribution in [3.05, 3.63) is 84.7 Å². The smallest absolute Gasteiger partial charge is 0.349 e. The molecule has 7 nitrogen and oxygen atoms in total. The average molecular weight is 461 g/mol. The first-order valence-electron chi connectivity index (χ1n) is 8.34. The minimum absolute atomic E-state index is 0.0341. The number of fused-ring (bicyclic) bond motifs is 1. The van der Waals surface area contributed by atoms with Crippen molar-refractivity contribution in [2.75, 3.05) is 12.3 Å². The lowest BCUT2D eigenvalue weighted by Gasteiger charge is -2.23. The molecule has 0 spiro atoms. The van der Waals surface area contributed by atoms with Gasteiger partial charge in [-0.2, -0.15) is 0 Å². The summed E-state index contributed by atoms with van der Waals surface area (Å²) in [5.74, 6) is 0.227.